The fourth-order valence-electron chi connectivity index (χ4n) is 3.31. The first-order chi connectivity index (χ1) is 14.3. The van der Waals surface area contributed by atoms with Crippen LogP contribution < -0.4 is 4.74 Å². The fraction of sp³-hybridized carbons (Fsp3) is 0.227. The molecule has 0 radical (unpaired) electrons. The average molecular weight is 410 g/mol. The Morgan fingerprint density at radius 2 is 1.73 bits per heavy atom. The van der Waals surface area contributed by atoms with E-state index < -0.39 is 17.5 Å². The second kappa shape index (κ2) is 8.79. The van der Waals surface area contributed by atoms with Crippen molar-refractivity contribution >= 4 is 22.7 Å². The van der Waals surface area contributed by atoms with Gasteiger partial charge in [-0.25, -0.2) is 14.6 Å². The lowest BCUT2D eigenvalue weighted by molar-refractivity contribution is -0.134. The molecule has 8 heteroatoms. The van der Waals surface area contributed by atoms with Crippen molar-refractivity contribution in [2.45, 2.75) is 18.4 Å². The fourth-order valence-corrected chi connectivity index (χ4v) is 3.31. The van der Waals surface area contributed by atoms with Crippen LogP contribution in [0.2, 0.25) is 0 Å². The number of aliphatic carboxylic acids is 2. The van der Waals surface area contributed by atoms with Crippen LogP contribution in [0.15, 0.2) is 61.1 Å². The summed E-state index contributed by atoms with van der Waals surface area (Å²) in [7, 11) is 1.67. The second-order valence-corrected chi connectivity index (χ2v) is 6.94. The van der Waals surface area contributed by atoms with Crippen molar-refractivity contribution in [3.8, 4) is 5.75 Å². The minimum absolute atomic E-state index is 0.253. The smallest absolute Gasteiger partial charge is 0.328 e. The van der Waals surface area contributed by atoms with Crippen molar-refractivity contribution in [1.82, 2.24) is 9.97 Å². The number of benzene rings is 2. The molecule has 2 aromatic carbocycles. The first-order valence-corrected chi connectivity index (χ1v) is 9.28. The van der Waals surface area contributed by atoms with Crippen molar-refractivity contribution in [1.29, 1.82) is 0 Å². The van der Waals surface area contributed by atoms with Gasteiger partial charge in [0.25, 0.3) is 0 Å². The Kier molecular flexibility index (Phi) is 6.17. The minimum atomic E-state index is -1.26. The van der Waals surface area contributed by atoms with Crippen LogP contribution in [-0.4, -0.2) is 44.3 Å². The molecule has 1 aliphatic rings. The summed E-state index contributed by atoms with van der Waals surface area (Å²) in [5.41, 5.74) is 0.699. The zero-order chi connectivity index (χ0) is 21.7. The van der Waals surface area contributed by atoms with E-state index in [0.717, 1.165) is 40.6 Å². The van der Waals surface area contributed by atoms with Crippen LogP contribution in [0.1, 0.15) is 24.1 Å². The highest BCUT2D eigenvalue weighted by Crippen LogP contribution is 2.49. The number of hydrogen-bond donors (Lipinski definition) is 4. The first kappa shape index (κ1) is 21.1. The number of carboxylic acid groups (broad SMARTS) is 2. The third-order valence-corrected chi connectivity index (χ3v) is 4.93. The number of nitrogens with zero attached hydrogens (tertiary/aromatic N) is 1. The molecule has 156 valence electrons. The van der Waals surface area contributed by atoms with Crippen LogP contribution in [0.5, 0.6) is 5.75 Å². The number of rotatable bonds is 6. The van der Waals surface area contributed by atoms with Gasteiger partial charge >= 0.3 is 11.9 Å². The Labute approximate surface area is 172 Å². The largest absolute Gasteiger partial charge is 0.497 e. The van der Waals surface area contributed by atoms with Gasteiger partial charge in [-0.15, -0.1) is 0 Å². The van der Waals surface area contributed by atoms with E-state index in [9.17, 15) is 14.7 Å². The van der Waals surface area contributed by atoms with Gasteiger partial charge in [-0.1, -0.05) is 18.2 Å². The standard InChI is InChI=1S/C18H18N2O2.C4H4O4/c1-22-16-7-3-12-8-15(4-2-13(12)9-16)18(21,14-5-6-14)17-10-19-11-20-17;5-3(6)1-2-4(7)8/h2-4,7-11,14,21H,5-6H2,1H3,(H,19,20);1-2H,(H,5,6)(H,7,8)/b;2-1+. The van der Waals surface area contributed by atoms with E-state index >= 15 is 0 Å². The maximum Gasteiger partial charge on any atom is 0.328 e. The Hall–Kier alpha value is -3.65. The Balaban J connectivity index is 0.000000275. The highest BCUT2D eigenvalue weighted by molar-refractivity contribution is 5.89. The lowest BCUT2D eigenvalue weighted by Gasteiger charge is -2.28. The van der Waals surface area contributed by atoms with Gasteiger partial charge in [0, 0.05) is 12.2 Å². The molecule has 4 N–H and O–H groups in total. The van der Waals surface area contributed by atoms with Crippen LogP contribution >= 0.6 is 0 Å². The summed E-state index contributed by atoms with van der Waals surface area (Å²) >= 11 is 0. The molecule has 3 aromatic rings. The van der Waals surface area contributed by atoms with Crippen LogP contribution in [0.4, 0.5) is 0 Å². The van der Waals surface area contributed by atoms with Crippen molar-refractivity contribution in [2.75, 3.05) is 7.11 Å². The van der Waals surface area contributed by atoms with E-state index in [4.69, 9.17) is 14.9 Å². The van der Waals surface area contributed by atoms with Gasteiger partial charge in [0.2, 0.25) is 0 Å². The molecule has 0 spiro atoms. The van der Waals surface area contributed by atoms with Gasteiger partial charge in [0.15, 0.2) is 0 Å². The number of imidazole rings is 1. The minimum Gasteiger partial charge on any atom is -0.497 e. The Morgan fingerprint density at radius 3 is 2.27 bits per heavy atom. The predicted octanol–water partition coefficient (Wildman–Crippen LogP) is 2.93. The van der Waals surface area contributed by atoms with Gasteiger partial charge in [-0.3, -0.25) is 0 Å². The molecule has 4 rings (SSSR count). The predicted molar refractivity (Wildman–Crippen MR) is 109 cm³/mol. The molecule has 30 heavy (non-hydrogen) atoms. The molecule has 0 aliphatic heterocycles. The van der Waals surface area contributed by atoms with E-state index in [0.29, 0.717) is 12.2 Å². The summed E-state index contributed by atoms with van der Waals surface area (Å²) in [6.45, 7) is 0. The van der Waals surface area contributed by atoms with E-state index in [1.54, 1.807) is 19.6 Å². The van der Waals surface area contributed by atoms with Gasteiger partial charge in [-0.05, 0) is 53.3 Å². The van der Waals surface area contributed by atoms with E-state index in [-0.39, 0.29) is 5.92 Å². The van der Waals surface area contributed by atoms with Gasteiger partial charge in [-0.2, -0.15) is 0 Å². The molecule has 1 heterocycles. The zero-order valence-corrected chi connectivity index (χ0v) is 16.3. The van der Waals surface area contributed by atoms with Crippen LogP contribution in [-0.2, 0) is 15.2 Å². The number of carbonyl (C=O) groups is 2. The number of methoxy groups -OCH3 is 1. The molecule has 8 nitrogen and oxygen atoms in total. The number of H-pyrrole nitrogens is 1. The van der Waals surface area contributed by atoms with Crippen LogP contribution in [0.3, 0.4) is 0 Å². The lowest BCUT2D eigenvalue weighted by Crippen LogP contribution is -2.30. The molecule has 1 unspecified atom stereocenters. The Bertz CT molecular complexity index is 1060. The quantitative estimate of drug-likeness (QED) is 0.459. The average Bonchev–Trinajstić information content (AvgIpc) is 3.45. The van der Waals surface area contributed by atoms with Crippen molar-refractivity contribution in [2.24, 2.45) is 5.92 Å². The summed E-state index contributed by atoms with van der Waals surface area (Å²) in [5, 5.41) is 29.2. The van der Waals surface area contributed by atoms with Crippen molar-refractivity contribution in [3.05, 3.63) is 72.3 Å². The number of aromatic amines is 1. The van der Waals surface area contributed by atoms with Crippen molar-refractivity contribution in [3.63, 3.8) is 0 Å². The number of fused-ring (bicyclic) bond motifs is 1. The van der Waals surface area contributed by atoms with Gasteiger partial charge in [0.05, 0.1) is 25.3 Å². The molecular formula is C22H22N2O6. The molecule has 1 fully saturated rings. The molecule has 1 aliphatic carbocycles. The number of aromatic nitrogens is 2. The highest BCUT2D eigenvalue weighted by Gasteiger charge is 2.47. The first-order valence-electron chi connectivity index (χ1n) is 9.28. The van der Waals surface area contributed by atoms with E-state index in [1.165, 1.54) is 0 Å². The summed E-state index contributed by atoms with van der Waals surface area (Å²) in [5.74, 6) is -1.42. The van der Waals surface area contributed by atoms with Gasteiger partial charge < -0.3 is 25.0 Å². The second-order valence-electron chi connectivity index (χ2n) is 6.94. The number of carboxylic acids is 2. The molecule has 0 amide bonds. The number of hydrogen-bond acceptors (Lipinski definition) is 5. The third kappa shape index (κ3) is 4.66. The molecule has 1 aromatic heterocycles. The summed E-state index contributed by atoms with van der Waals surface area (Å²) in [6, 6.07) is 12.1. The van der Waals surface area contributed by atoms with Crippen LogP contribution in [0.25, 0.3) is 10.8 Å². The molecule has 0 saturated heterocycles. The van der Waals surface area contributed by atoms with Crippen LogP contribution in [0, 0.1) is 5.92 Å². The lowest BCUT2D eigenvalue weighted by atomic mass is 9.85. The summed E-state index contributed by atoms with van der Waals surface area (Å²) in [4.78, 5) is 26.3. The summed E-state index contributed by atoms with van der Waals surface area (Å²) < 4.78 is 5.26. The maximum atomic E-state index is 11.3. The normalized spacial score (nSPS) is 15.3. The Morgan fingerprint density at radius 1 is 1.10 bits per heavy atom. The SMILES string of the molecule is COc1ccc2cc(C(O)(c3cnc[nH]3)C3CC3)ccc2c1.O=C(O)/C=C/C(=O)O. The molecule has 1 atom stereocenters. The number of ether oxygens (including phenoxy) is 1. The number of nitrogens with one attached hydrogen (secondary N) is 1. The topological polar surface area (TPSA) is 133 Å². The van der Waals surface area contributed by atoms with Crippen molar-refractivity contribution < 1.29 is 29.6 Å². The summed E-state index contributed by atoms with van der Waals surface area (Å²) in [6.07, 6.45) is 6.53. The third-order valence-electron chi connectivity index (χ3n) is 4.93. The van der Waals surface area contributed by atoms with E-state index in [1.807, 2.05) is 30.3 Å². The zero-order valence-electron chi connectivity index (χ0n) is 16.3. The molecule has 0 bridgehead atoms. The maximum absolute atomic E-state index is 11.3. The highest BCUT2D eigenvalue weighted by atomic mass is 16.5. The monoisotopic (exact) mass is 410 g/mol. The molecular weight excluding hydrogens is 388 g/mol. The van der Waals surface area contributed by atoms with Gasteiger partial charge in [0.1, 0.15) is 11.4 Å². The molecule has 1 saturated carbocycles. The number of aliphatic hydroxyl groups is 1. The van der Waals surface area contributed by atoms with E-state index in [2.05, 4.69) is 16.0 Å².